The van der Waals surface area contributed by atoms with Gasteiger partial charge in [-0.1, -0.05) is 17.7 Å². The Bertz CT molecular complexity index is 721. The molecule has 0 amide bonds. The molecule has 1 N–H and O–H groups in total. The lowest BCUT2D eigenvalue weighted by Gasteiger charge is -2.27. The molecule has 1 atom stereocenters. The number of aromatic nitrogens is 2. The molecule has 0 spiro atoms. The van der Waals surface area contributed by atoms with Crippen LogP contribution in [0.4, 0.5) is 5.82 Å². The topological polar surface area (TPSA) is 29.9 Å². The van der Waals surface area contributed by atoms with Crippen molar-refractivity contribution in [3.05, 3.63) is 45.6 Å². The van der Waals surface area contributed by atoms with E-state index in [1.54, 1.807) is 0 Å². The van der Waals surface area contributed by atoms with Crippen molar-refractivity contribution >= 4 is 29.2 Å². The summed E-state index contributed by atoms with van der Waals surface area (Å²) < 4.78 is 2.10. The Hall–Kier alpha value is -1.13. The molecule has 0 saturated heterocycles. The van der Waals surface area contributed by atoms with Gasteiger partial charge in [0.05, 0.1) is 10.9 Å². The van der Waals surface area contributed by atoms with E-state index in [9.17, 15) is 0 Å². The summed E-state index contributed by atoms with van der Waals surface area (Å²) in [6.45, 7) is 9.73. The average Bonchev–Trinajstić information content (AvgIpc) is 2.59. The van der Waals surface area contributed by atoms with E-state index in [4.69, 9.17) is 11.6 Å². The second-order valence-corrected chi connectivity index (χ2v) is 8.83. The van der Waals surface area contributed by atoms with Crippen LogP contribution in [-0.4, -0.2) is 21.1 Å². The maximum Gasteiger partial charge on any atom is 0.128 e. The number of benzene rings is 1. The largest absolute Gasteiger partial charge is 0.369 e. The molecule has 5 heteroatoms. The molecule has 0 saturated carbocycles. The summed E-state index contributed by atoms with van der Waals surface area (Å²) in [6.07, 6.45) is 0. The Labute approximate surface area is 141 Å². The molecule has 0 bridgehead atoms. The van der Waals surface area contributed by atoms with Crippen LogP contribution in [0, 0.1) is 13.8 Å². The fourth-order valence-corrected chi connectivity index (χ4v) is 4.88. The Morgan fingerprint density at radius 3 is 2.77 bits per heavy atom. The first-order chi connectivity index (χ1) is 10.3. The van der Waals surface area contributed by atoms with Crippen molar-refractivity contribution in [1.82, 2.24) is 9.78 Å². The number of thioether (sulfide) groups is 1. The lowest BCUT2D eigenvalue weighted by atomic mass is 10.00. The third kappa shape index (κ3) is 2.74. The van der Waals surface area contributed by atoms with Gasteiger partial charge >= 0.3 is 0 Å². The van der Waals surface area contributed by atoms with E-state index in [0.29, 0.717) is 0 Å². The minimum absolute atomic E-state index is 0.141. The van der Waals surface area contributed by atoms with E-state index in [0.717, 1.165) is 23.1 Å². The fraction of sp³-hybridized carbons (Fsp3) is 0.471. The van der Waals surface area contributed by atoms with Crippen LogP contribution in [0.2, 0.25) is 5.02 Å². The predicted octanol–water partition coefficient (Wildman–Crippen LogP) is 4.72. The predicted molar refractivity (Wildman–Crippen MR) is 96.1 cm³/mol. The van der Waals surface area contributed by atoms with Crippen LogP contribution in [0.25, 0.3) is 0 Å². The van der Waals surface area contributed by atoms with Crippen molar-refractivity contribution in [2.45, 2.75) is 37.7 Å². The number of nitrogens with one attached hydrogen (secondary N) is 1. The van der Waals surface area contributed by atoms with Gasteiger partial charge in [-0.15, -0.1) is 11.8 Å². The van der Waals surface area contributed by atoms with Gasteiger partial charge in [0.1, 0.15) is 5.82 Å². The van der Waals surface area contributed by atoms with Crippen molar-refractivity contribution in [3.8, 4) is 0 Å². The van der Waals surface area contributed by atoms with E-state index < -0.39 is 0 Å². The number of nitrogens with zero attached hydrogens (tertiary/aromatic N) is 2. The second kappa shape index (κ2) is 5.50. The molecule has 0 radical (unpaired) electrons. The van der Waals surface area contributed by atoms with Crippen LogP contribution in [0.5, 0.6) is 0 Å². The summed E-state index contributed by atoms with van der Waals surface area (Å²) in [4.78, 5) is 0. The lowest BCUT2D eigenvalue weighted by Crippen LogP contribution is -2.26. The fourth-order valence-electron chi connectivity index (χ4n) is 3.07. The summed E-state index contributed by atoms with van der Waals surface area (Å²) in [7, 11) is 2.01. The number of halogens is 1. The van der Waals surface area contributed by atoms with Crippen LogP contribution in [0.3, 0.4) is 0 Å². The summed E-state index contributed by atoms with van der Waals surface area (Å²) in [5.74, 6) is 1.13. The third-order valence-corrected chi connectivity index (χ3v) is 5.91. The van der Waals surface area contributed by atoms with Crippen LogP contribution in [0.1, 0.15) is 41.5 Å². The standard InChI is InChI=1S/C17H22ClN3S/c1-10-8-12(18)6-7-13(10)15-14-11(2)20-21(5)16(14)19-9-17(3,4)22-15/h6-8,15,19H,9H2,1-5H3/t15-/m1/s1. The van der Waals surface area contributed by atoms with Crippen LogP contribution >= 0.6 is 23.4 Å². The summed E-state index contributed by atoms with van der Waals surface area (Å²) in [5.41, 5.74) is 4.94. The molecule has 118 valence electrons. The molecule has 2 heterocycles. The number of fused-ring (bicyclic) bond motifs is 1. The monoisotopic (exact) mass is 335 g/mol. The lowest BCUT2D eigenvalue weighted by molar-refractivity contribution is 0.721. The number of hydrogen-bond donors (Lipinski definition) is 1. The Morgan fingerprint density at radius 1 is 1.36 bits per heavy atom. The highest BCUT2D eigenvalue weighted by Gasteiger charge is 2.35. The van der Waals surface area contributed by atoms with Crippen LogP contribution in [-0.2, 0) is 7.05 Å². The number of hydrogen-bond acceptors (Lipinski definition) is 3. The van der Waals surface area contributed by atoms with Crippen LogP contribution in [0.15, 0.2) is 18.2 Å². The van der Waals surface area contributed by atoms with Gasteiger partial charge in [0, 0.05) is 28.9 Å². The zero-order chi connectivity index (χ0) is 16.1. The van der Waals surface area contributed by atoms with Crippen molar-refractivity contribution in [3.63, 3.8) is 0 Å². The van der Waals surface area contributed by atoms with E-state index in [1.165, 1.54) is 16.7 Å². The highest BCUT2D eigenvalue weighted by Crippen LogP contribution is 2.49. The molecule has 0 fully saturated rings. The van der Waals surface area contributed by atoms with Crippen molar-refractivity contribution in [2.75, 3.05) is 11.9 Å². The molecule has 0 unspecified atom stereocenters. The van der Waals surface area contributed by atoms with E-state index in [1.807, 2.05) is 35.6 Å². The van der Waals surface area contributed by atoms with Crippen molar-refractivity contribution < 1.29 is 0 Å². The molecule has 0 aliphatic carbocycles. The van der Waals surface area contributed by atoms with Gasteiger partial charge in [-0.25, -0.2) is 0 Å². The van der Waals surface area contributed by atoms with Gasteiger partial charge in [0.25, 0.3) is 0 Å². The second-order valence-electron chi connectivity index (χ2n) is 6.58. The molecule has 1 aromatic heterocycles. The summed E-state index contributed by atoms with van der Waals surface area (Å²) in [5, 5.41) is 9.27. The quantitative estimate of drug-likeness (QED) is 0.818. The zero-order valence-corrected chi connectivity index (χ0v) is 15.3. The molecule has 1 aromatic carbocycles. The molecule has 3 nitrogen and oxygen atoms in total. The molecular weight excluding hydrogens is 314 g/mol. The SMILES string of the molecule is Cc1cc(Cl)ccc1[C@H]1SC(C)(C)CNc2c1c(C)nn2C. The maximum absolute atomic E-state index is 6.14. The molecule has 2 aromatic rings. The molecule has 3 rings (SSSR count). The van der Waals surface area contributed by atoms with Gasteiger partial charge in [0.2, 0.25) is 0 Å². The minimum atomic E-state index is 0.141. The number of rotatable bonds is 1. The van der Waals surface area contributed by atoms with Gasteiger partial charge in [-0.05, 0) is 51.0 Å². The normalized spacial score (nSPS) is 20.2. The molecule has 22 heavy (non-hydrogen) atoms. The molecule has 1 aliphatic rings. The van der Waals surface area contributed by atoms with Crippen molar-refractivity contribution in [2.24, 2.45) is 7.05 Å². The van der Waals surface area contributed by atoms with Crippen LogP contribution < -0.4 is 5.32 Å². The van der Waals surface area contributed by atoms with Gasteiger partial charge in [-0.2, -0.15) is 5.10 Å². The smallest absolute Gasteiger partial charge is 0.128 e. The first kappa shape index (κ1) is 15.8. The Balaban J connectivity index is 2.19. The van der Waals surface area contributed by atoms with Crippen molar-refractivity contribution in [1.29, 1.82) is 0 Å². The van der Waals surface area contributed by atoms with Gasteiger partial charge < -0.3 is 5.32 Å². The highest BCUT2D eigenvalue weighted by molar-refractivity contribution is 8.01. The maximum atomic E-state index is 6.14. The zero-order valence-electron chi connectivity index (χ0n) is 13.7. The average molecular weight is 336 g/mol. The van der Waals surface area contributed by atoms with Gasteiger partial charge in [0.15, 0.2) is 0 Å². The molecule has 1 aliphatic heterocycles. The van der Waals surface area contributed by atoms with E-state index in [-0.39, 0.29) is 10.00 Å². The third-order valence-electron chi connectivity index (χ3n) is 4.16. The number of aryl methyl sites for hydroxylation is 3. The first-order valence-corrected chi connectivity index (χ1v) is 8.75. The molecular formula is C17H22ClN3S. The van der Waals surface area contributed by atoms with E-state index in [2.05, 4.69) is 44.2 Å². The summed E-state index contributed by atoms with van der Waals surface area (Å²) in [6, 6.07) is 6.20. The first-order valence-electron chi connectivity index (χ1n) is 7.50. The highest BCUT2D eigenvalue weighted by atomic mass is 35.5. The van der Waals surface area contributed by atoms with E-state index >= 15 is 0 Å². The Morgan fingerprint density at radius 2 is 2.09 bits per heavy atom. The van der Waals surface area contributed by atoms with Gasteiger partial charge in [-0.3, -0.25) is 4.68 Å². The Kier molecular flexibility index (Phi) is 3.94. The summed E-state index contributed by atoms with van der Waals surface area (Å²) >= 11 is 8.14. The number of anilines is 1. The minimum Gasteiger partial charge on any atom is -0.369 e.